The van der Waals surface area contributed by atoms with Crippen LogP contribution in [0, 0.1) is 5.92 Å². The fourth-order valence-corrected chi connectivity index (χ4v) is 0.834. The van der Waals surface area contributed by atoms with E-state index in [-0.39, 0.29) is 5.97 Å². The number of esters is 1. The van der Waals surface area contributed by atoms with Crippen LogP contribution in [0.3, 0.4) is 0 Å². The Bertz CT molecular complexity index is 171. The summed E-state index contributed by atoms with van der Waals surface area (Å²) in [6, 6.07) is 0. The van der Waals surface area contributed by atoms with Gasteiger partial charge < -0.3 is 4.74 Å². The summed E-state index contributed by atoms with van der Waals surface area (Å²) in [5.74, 6) is 0.240. The maximum Gasteiger partial charge on any atom is 0.330 e. The molecule has 70 valence electrons. The van der Waals surface area contributed by atoms with Gasteiger partial charge in [0, 0.05) is 6.08 Å². The highest BCUT2D eigenvalue weighted by Gasteiger charge is 2.03. The molecule has 0 aliphatic heterocycles. The first-order chi connectivity index (χ1) is 5.61. The molecule has 0 radical (unpaired) electrons. The van der Waals surface area contributed by atoms with Crippen LogP contribution < -0.4 is 0 Å². The van der Waals surface area contributed by atoms with Crippen LogP contribution in [-0.2, 0) is 9.53 Å². The first kappa shape index (κ1) is 11.2. The predicted octanol–water partition coefficient (Wildman–Crippen LogP) is 2.54. The normalized spacial score (nSPS) is 14.2. The number of allylic oxidation sites excluding steroid dienone is 1. The third-order valence-corrected chi connectivity index (χ3v) is 2.02. The van der Waals surface area contributed by atoms with Crippen molar-refractivity contribution in [2.45, 2.75) is 34.1 Å². The number of hydrogen-bond acceptors (Lipinski definition) is 2. The van der Waals surface area contributed by atoms with Crippen LogP contribution in [0.5, 0.6) is 0 Å². The molecule has 1 atom stereocenters. The van der Waals surface area contributed by atoms with E-state index in [1.165, 1.54) is 0 Å². The molecular weight excluding hydrogens is 152 g/mol. The minimum absolute atomic E-state index is 0.227. The molecule has 0 N–H and O–H groups in total. The second kappa shape index (κ2) is 5.81. The molecule has 0 aromatic carbocycles. The molecule has 0 amide bonds. The van der Waals surface area contributed by atoms with Crippen molar-refractivity contribution in [1.82, 2.24) is 0 Å². The molecule has 0 bridgehead atoms. The maximum atomic E-state index is 11.0. The number of rotatable bonds is 4. The highest BCUT2D eigenvalue weighted by atomic mass is 16.5. The molecule has 0 aromatic heterocycles. The van der Waals surface area contributed by atoms with Crippen molar-refractivity contribution in [3.8, 4) is 0 Å². The smallest absolute Gasteiger partial charge is 0.330 e. The fraction of sp³-hybridized carbons (Fsp3) is 0.700. The van der Waals surface area contributed by atoms with E-state index < -0.39 is 0 Å². The zero-order chi connectivity index (χ0) is 9.56. The topological polar surface area (TPSA) is 26.3 Å². The Morgan fingerprint density at radius 3 is 2.50 bits per heavy atom. The second-order valence-corrected chi connectivity index (χ2v) is 2.95. The Kier molecular flexibility index (Phi) is 5.43. The van der Waals surface area contributed by atoms with Gasteiger partial charge in [-0.15, -0.1) is 0 Å². The molecule has 2 heteroatoms. The van der Waals surface area contributed by atoms with E-state index in [0.717, 1.165) is 12.0 Å². The molecule has 0 aromatic rings. The highest BCUT2D eigenvalue weighted by molar-refractivity contribution is 5.82. The Labute approximate surface area is 74.6 Å². The van der Waals surface area contributed by atoms with E-state index in [4.69, 9.17) is 4.74 Å². The lowest BCUT2D eigenvalue weighted by Crippen LogP contribution is -2.03. The summed E-state index contributed by atoms with van der Waals surface area (Å²) < 4.78 is 4.79. The van der Waals surface area contributed by atoms with Crippen LogP contribution in [0.2, 0.25) is 0 Å². The van der Waals surface area contributed by atoms with Crippen LogP contribution in [0.25, 0.3) is 0 Å². The molecular formula is C10H18O2. The largest absolute Gasteiger partial charge is 0.463 e. The van der Waals surface area contributed by atoms with Crippen LogP contribution >= 0.6 is 0 Å². The standard InChI is InChI=1S/C10H18O2/c1-5-8(3)9(4)7-10(11)12-6-2/h7-8H,5-6H2,1-4H3/b9-7+. The van der Waals surface area contributed by atoms with Crippen molar-refractivity contribution in [3.63, 3.8) is 0 Å². The summed E-state index contributed by atoms with van der Waals surface area (Å²) in [6.07, 6.45) is 2.64. The Balaban J connectivity index is 4.05. The molecule has 0 aliphatic carbocycles. The summed E-state index contributed by atoms with van der Waals surface area (Å²) in [4.78, 5) is 11.0. The van der Waals surface area contributed by atoms with E-state index >= 15 is 0 Å². The van der Waals surface area contributed by atoms with E-state index in [1.807, 2.05) is 13.8 Å². The van der Waals surface area contributed by atoms with Gasteiger partial charge in [-0.25, -0.2) is 4.79 Å². The summed E-state index contributed by atoms with van der Waals surface area (Å²) in [5.41, 5.74) is 1.09. The van der Waals surface area contributed by atoms with Gasteiger partial charge >= 0.3 is 5.97 Å². The Morgan fingerprint density at radius 1 is 1.50 bits per heavy atom. The average Bonchev–Trinajstić information content (AvgIpc) is 2.03. The van der Waals surface area contributed by atoms with Crippen molar-refractivity contribution in [2.75, 3.05) is 6.61 Å². The summed E-state index contributed by atoms with van der Waals surface area (Å²) in [7, 11) is 0. The van der Waals surface area contributed by atoms with Crippen LogP contribution in [-0.4, -0.2) is 12.6 Å². The van der Waals surface area contributed by atoms with Crippen LogP contribution in [0.4, 0.5) is 0 Å². The van der Waals surface area contributed by atoms with Gasteiger partial charge in [0.25, 0.3) is 0 Å². The molecule has 0 fully saturated rings. The highest BCUT2D eigenvalue weighted by Crippen LogP contribution is 2.12. The van der Waals surface area contributed by atoms with E-state index in [9.17, 15) is 4.79 Å². The lowest BCUT2D eigenvalue weighted by atomic mass is 10.00. The van der Waals surface area contributed by atoms with Crippen LogP contribution in [0.1, 0.15) is 34.1 Å². The molecule has 0 aliphatic rings. The van der Waals surface area contributed by atoms with E-state index in [1.54, 1.807) is 6.08 Å². The second-order valence-electron chi connectivity index (χ2n) is 2.95. The van der Waals surface area contributed by atoms with E-state index in [2.05, 4.69) is 13.8 Å². The molecule has 12 heavy (non-hydrogen) atoms. The minimum Gasteiger partial charge on any atom is -0.463 e. The minimum atomic E-state index is -0.227. The Hall–Kier alpha value is -0.790. The van der Waals surface area contributed by atoms with Gasteiger partial charge in [0.05, 0.1) is 6.61 Å². The molecule has 1 unspecified atom stereocenters. The number of carbonyl (C=O) groups excluding carboxylic acids is 1. The van der Waals surface area contributed by atoms with Crippen molar-refractivity contribution in [1.29, 1.82) is 0 Å². The third-order valence-electron chi connectivity index (χ3n) is 2.02. The quantitative estimate of drug-likeness (QED) is 0.478. The van der Waals surface area contributed by atoms with Gasteiger partial charge in [-0.3, -0.25) is 0 Å². The lowest BCUT2D eigenvalue weighted by Gasteiger charge is -2.07. The summed E-state index contributed by atoms with van der Waals surface area (Å²) >= 11 is 0. The number of ether oxygens (including phenoxy) is 1. The van der Waals surface area contributed by atoms with E-state index in [0.29, 0.717) is 12.5 Å². The maximum absolute atomic E-state index is 11.0. The van der Waals surface area contributed by atoms with Gasteiger partial charge in [-0.05, 0) is 26.2 Å². The first-order valence-electron chi connectivity index (χ1n) is 4.46. The van der Waals surface area contributed by atoms with Gasteiger partial charge in [-0.1, -0.05) is 19.4 Å². The summed E-state index contributed by atoms with van der Waals surface area (Å²) in [5, 5.41) is 0. The zero-order valence-electron chi connectivity index (χ0n) is 8.39. The van der Waals surface area contributed by atoms with Gasteiger partial charge in [0.2, 0.25) is 0 Å². The van der Waals surface area contributed by atoms with Crippen molar-refractivity contribution >= 4 is 5.97 Å². The van der Waals surface area contributed by atoms with Crippen molar-refractivity contribution in [3.05, 3.63) is 11.6 Å². The Morgan fingerprint density at radius 2 is 2.08 bits per heavy atom. The van der Waals surface area contributed by atoms with Crippen molar-refractivity contribution in [2.24, 2.45) is 5.92 Å². The molecule has 0 saturated carbocycles. The molecule has 0 rings (SSSR count). The lowest BCUT2D eigenvalue weighted by molar-refractivity contribution is -0.137. The van der Waals surface area contributed by atoms with Crippen LogP contribution in [0.15, 0.2) is 11.6 Å². The molecule has 2 nitrogen and oxygen atoms in total. The van der Waals surface area contributed by atoms with Gasteiger partial charge in [0.15, 0.2) is 0 Å². The number of hydrogen-bond donors (Lipinski definition) is 0. The van der Waals surface area contributed by atoms with Crippen molar-refractivity contribution < 1.29 is 9.53 Å². The summed E-state index contributed by atoms with van der Waals surface area (Å²) in [6.45, 7) is 8.43. The van der Waals surface area contributed by atoms with Gasteiger partial charge in [0.1, 0.15) is 0 Å². The average molecular weight is 170 g/mol. The third kappa shape index (κ3) is 4.16. The fourth-order valence-electron chi connectivity index (χ4n) is 0.834. The monoisotopic (exact) mass is 170 g/mol. The SMILES string of the molecule is CCOC(=O)/C=C(\C)C(C)CC. The first-order valence-corrected chi connectivity index (χ1v) is 4.46. The molecule has 0 heterocycles. The molecule has 0 spiro atoms. The zero-order valence-corrected chi connectivity index (χ0v) is 8.39. The number of carbonyl (C=O) groups is 1. The molecule has 0 saturated heterocycles. The van der Waals surface area contributed by atoms with Gasteiger partial charge in [-0.2, -0.15) is 0 Å². The predicted molar refractivity (Wildman–Crippen MR) is 49.8 cm³/mol.